The van der Waals surface area contributed by atoms with E-state index in [1.54, 1.807) is 0 Å². The molecule has 7 aromatic heterocycles. The van der Waals surface area contributed by atoms with Gasteiger partial charge in [0.05, 0.1) is 45.6 Å². The highest BCUT2D eigenvalue weighted by molar-refractivity contribution is 6.28. The van der Waals surface area contributed by atoms with Crippen LogP contribution >= 0.6 is 11.6 Å². The molecule has 0 atom stereocenters. The Labute approximate surface area is 608 Å². The van der Waals surface area contributed by atoms with E-state index in [0.717, 1.165) is 190 Å². The zero-order valence-corrected chi connectivity index (χ0v) is 56.9. The summed E-state index contributed by atoms with van der Waals surface area (Å²) in [5.74, 6) is 0.515. The first-order valence-electron chi connectivity index (χ1n) is 34.7. The minimum Gasteiger partial charge on any atom is -0.354 e. The third kappa shape index (κ3) is 11.9. The van der Waals surface area contributed by atoms with Crippen LogP contribution in [0, 0.1) is 0 Å². The number of nitrogens with one attached hydrogen (secondary N) is 6. The fraction of sp³-hybridized carbons (Fsp3) is 0. The van der Waals surface area contributed by atoms with Crippen LogP contribution in [0.5, 0.6) is 0 Å². The number of benzene rings is 8. The van der Waals surface area contributed by atoms with Crippen LogP contribution in [0.4, 0.5) is 23.3 Å². The highest BCUT2D eigenvalue weighted by atomic mass is 35.5. The van der Waals surface area contributed by atoms with Crippen LogP contribution in [0.2, 0.25) is 5.28 Å². The molecule has 11 heterocycles. The van der Waals surface area contributed by atoms with E-state index in [1.165, 1.54) is 0 Å². The summed E-state index contributed by atoms with van der Waals surface area (Å²) < 4.78 is 0. The van der Waals surface area contributed by atoms with E-state index in [4.69, 9.17) is 36.5 Å². The lowest BCUT2D eigenvalue weighted by atomic mass is 10.0. The molecule has 19 rings (SSSR count). The molecule has 0 amide bonds. The zero-order valence-electron chi connectivity index (χ0n) is 56.2. The Bertz CT molecular complexity index is 5960. The summed E-state index contributed by atoms with van der Waals surface area (Å²) in [5.41, 5.74) is 31.2. The minimum atomic E-state index is 0.0152. The third-order valence-corrected chi connectivity index (χ3v) is 19.5. The molecule has 0 saturated carbocycles. The van der Waals surface area contributed by atoms with Crippen molar-refractivity contribution in [2.45, 2.75) is 0 Å². The molecular formula is C91H60ClN13. The third-order valence-electron chi connectivity index (χ3n) is 19.4. The van der Waals surface area contributed by atoms with Gasteiger partial charge in [0, 0.05) is 100 Å². The topological polar surface area (TPSA) is 177 Å². The lowest BCUT2D eigenvalue weighted by molar-refractivity contribution is 1.06. The molecular weight excluding hydrogens is 1310 g/mol. The first kappa shape index (κ1) is 61.9. The van der Waals surface area contributed by atoms with Gasteiger partial charge in [0.15, 0.2) is 0 Å². The predicted octanol–water partition coefficient (Wildman–Crippen LogP) is 23.3. The lowest BCUT2D eigenvalue weighted by Crippen LogP contribution is -2.04. The van der Waals surface area contributed by atoms with E-state index in [9.17, 15) is 0 Å². The second-order valence-electron chi connectivity index (χ2n) is 25.9. The van der Waals surface area contributed by atoms with E-state index < -0.39 is 0 Å². The fourth-order valence-electron chi connectivity index (χ4n) is 14.6. The van der Waals surface area contributed by atoms with Gasteiger partial charge in [-0.2, -0.15) is 15.0 Å². The number of nitrogens with zero attached hydrogens (tertiary/aromatic N) is 7. The van der Waals surface area contributed by atoms with Gasteiger partial charge in [0.25, 0.3) is 0 Å². The molecule has 15 aromatic rings. The number of hydrogen-bond donors (Lipinski definition) is 6. The van der Waals surface area contributed by atoms with Crippen LogP contribution in [0.3, 0.4) is 0 Å². The molecule has 4 aliphatic rings. The standard InChI is InChI=1S/C91H60ClN13/c92-89-103-90(93-63-35-31-61(32-36-63)87-77-51-47-73(99-77)83(57-23-11-3-12-24-57)69-43-39-65(95-69)81(55-19-7-1-8-20-55)66-40-44-70(96-66)84(58-25-13-4-14-26-58)74-48-52-78(87)100-74)105-91(104-89)94-64-37-33-62(34-38-64)88-79-53-49-75(101-79)85(59-27-15-5-16-28-59)71-45-41-67(97-71)82(56-21-9-2-10-22-56)68-42-46-72(98-68)86(60-29-17-6-18-30-60)76-50-54-80(88)102-76/h1-54,95,97,100,102H,(H2,93,94,103,104,105). The van der Waals surface area contributed by atoms with Crippen molar-refractivity contribution < 1.29 is 0 Å². The molecule has 4 aliphatic heterocycles. The van der Waals surface area contributed by atoms with Crippen molar-refractivity contribution in [3.63, 3.8) is 0 Å². The number of anilines is 4. The van der Waals surface area contributed by atoms with Crippen LogP contribution in [0.1, 0.15) is 45.6 Å². The van der Waals surface area contributed by atoms with Crippen molar-refractivity contribution in [1.82, 2.24) is 54.8 Å². The first-order valence-corrected chi connectivity index (χ1v) is 35.1. The first-order chi connectivity index (χ1) is 51.9. The summed E-state index contributed by atoms with van der Waals surface area (Å²) >= 11 is 6.76. The maximum Gasteiger partial charge on any atom is 0.233 e. The van der Waals surface area contributed by atoms with Crippen molar-refractivity contribution in [3.05, 3.63) is 330 Å². The highest BCUT2D eigenvalue weighted by Gasteiger charge is 2.23. The van der Waals surface area contributed by atoms with Crippen molar-refractivity contribution >= 4 is 128 Å². The summed E-state index contributed by atoms with van der Waals surface area (Å²) in [7, 11) is 0. The summed E-state index contributed by atoms with van der Waals surface area (Å²) in [6.07, 6.45) is 16.9. The number of hydrogen-bond acceptors (Lipinski definition) is 9. The second kappa shape index (κ2) is 26.4. The average molecular weight is 1370 g/mol. The van der Waals surface area contributed by atoms with E-state index in [0.29, 0.717) is 0 Å². The molecule has 0 fully saturated rings. The minimum absolute atomic E-state index is 0.0152. The molecule has 0 unspecified atom stereocenters. The van der Waals surface area contributed by atoms with Gasteiger partial charge in [-0.25, -0.2) is 19.9 Å². The summed E-state index contributed by atoms with van der Waals surface area (Å²) in [4.78, 5) is 51.3. The summed E-state index contributed by atoms with van der Waals surface area (Å²) in [5, 5.41) is 6.85. The van der Waals surface area contributed by atoms with Crippen molar-refractivity contribution in [2.24, 2.45) is 0 Å². The van der Waals surface area contributed by atoms with Crippen molar-refractivity contribution in [2.75, 3.05) is 10.6 Å². The average Bonchev–Trinajstić information content (AvgIpc) is 1.62. The zero-order chi connectivity index (χ0) is 69.7. The second-order valence-corrected chi connectivity index (χ2v) is 26.2. The normalized spacial score (nSPS) is 12.1. The molecule has 8 aromatic carbocycles. The number of H-pyrrole nitrogens is 4. The highest BCUT2D eigenvalue weighted by Crippen LogP contribution is 2.42. The quantitative estimate of drug-likeness (QED) is 0.0695. The molecule has 14 heteroatoms. The Morgan fingerprint density at radius 3 is 0.562 bits per heavy atom. The smallest absolute Gasteiger partial charge is 0.233 e. The molecule has 13 nitrogen and oxygen atoms in total. The fourth-order valence-corrected chi connectivity index (χ4v) is 14.8. The van der Waals surface area contributed by atoms with Crippen LogP contribution in [-0.2, 0) is 0 Å². The Morgan fingerprint density at radius 2 is 0.371 bits per heavy atom. The van der Waals surface area contributed by atoms with Crippen LogP contribution in [0.25, 0.3) is 182 Å². The van der Waals surface area contributed by atoms with Gasteiger partial charge >= 0.3 is 0 Å². The van der Waals surface area contributed by atoms with Gasteiger partial charge in [-0.15, -0.1) is 0 Å². The lowest BCUT2D eigenvalue weighted by Gasteiger charge is -2.11. The number of aromatic amines is 4. The Balaban J connectivity index is 0.685. The molecule has 6 N–H and O–H groups in total. The van der Waals surface area contributed by atoms with Gasteiger partial charge in [0.2, 0.25) is 17.2 Å². The predicted molar refractivity (Wildman–Crippen MR) is 433 cm³/mol. The van der Waals surface area contributed by atoms with E-state index >= 15 is 0 Å². The van der Waals surface area contributed by atoms with Gasteiger partial charge in [-0.1, -0.05) is 206 Å². The monoisotopic (exact) mass is 1370 g/mol. The molecule has 0 aliphatic carbocycles. The number of halogens is 1. The number of aromatic nitrogens is 11. The van der Waals surface area contributed by atoms with Crippen molar-refractivity contribution in [3.8, 4) is 89.0 Å². The van der Waals surface area contributed by atoms with Gasteiger partial charge in [-0.3, -0.25) is 0 Å². The SMILES string of the molecule is Clc1nc(Nc2ccc(-c3c4nc(c(-c5ccccc5)c5ccc([nH]5)c(-c5ccccc5)c5nc(c(-c6ccccc6)c6ccc3[nH]6)C=C5)C=C4)cc2)nc(Nc2ccc(-c3c4nc(c(-c5ccccc5)c5ccc([nH]5)c(-c5ccccc5)c5nc(c(-c6ccccc6)c6ccc3[nH]6)C=C5)C=C4)cc2)n1. The molecule has 0 saturated heterocycles. The maximum atomic E-state index is 6.76. The molecule has 496 valence electrons. The Hall–Kier alpha value is -14.1. The van der Waals surface area contributed by atoms with Crippen LogP contribution < -0.4 is 10.6 Å². The maximum absolute atomic E-state index is 6.76. The van der Waals surface area contributed by atoms with E-state index in [1.807, 2.05) is 60.7 Å². The summed E-state index contributed by atoms with van der Waals surface area (Å²) in [6.45, 7) is 0. The largest absolute Gasteiger partial charge is 0.354 e. The Morgan fingerprint density at radius 1 is 0.190 bits per heavy atom. The van der Waals surface area contributed by atoms with Crippen molar-refractivity contribution in [1.29, 1.82) is 0 Å². The van der Waals surface area contributed by atoms with Crippen LogP contribution in [-0.4, -0.2) is 54.8 Å². The molecule has 16 bridgehead atoms. The van der Waals surface area contributed by atoms with Gasteiger partial charge < -0.3 is 30.6 Å². The van der Waals surface area contributed by atoms with Crippen LogP contribution in [0.15, 0.2) is 279 Å². The number of rotatable bonds is 12. The summed E-state index contributed by atoms with van der Waals surface area (Å²) in [6, 6.07) is 96.2. The van der Waals surface area contributed by atoms with Gasteiger partial charge in [0.1, 0.15) is 0 Å². The Kier molecular flexibility index (Phi) is 15.6. The molecule has 105 heavy (non-hydrogen) atoms. The van der Waals surface area contributed by atoms with E-state index in [-0.39, 0.29) is 17.2 Å². The van der Waals surface area contributed by atoms with Gasteiger partial charge in [-0.05, 0) is 178 Å². The molecule has 0 spiro atoms. The molecule has 0 radical (unpaired) electrons. The van der Waals surface area contributed by atoms with E-state index in [2.05, 4.69) is 308 Å². The number of fused-ring (bicyclic) bond motifs is 16.